The lowest BCUT2D eigenvalue weighted by Crippen LogP contribution is -2.41. The van der Waals surface area contributed by atoms with Gasteiger partial charge in [0.2, 0.25) is 0 Å². The van der Waals surface area contributed by atoms with Crippen molar-refractivity contribution in [1.29, 1.82) is 0 Å². The van der Waals surface area contributed by atoms with Gasteiger partial charge in [-0.3, -0.25) is 4.18 Å². The van der Waals surface area contributed by atoms with Gasteiger partial charge in [0.25, 0.3) is 0 Å². The highest BCUT2D eigenvalue weighted by Crippen LogP contribution is 2.38. The van der Waals surface area contributed by atoms with E-state index in [2.05, 4.69) is 0 Å². The topological polar surface area (TPSA) is 92.0 Å². The molecule has 0 aliphatic carbocycles. The number of hydrogen-bond acceptors (Lipinski definition) is 6. The standard InChI is InChI=1S/C22H29NO6S/c1-15-5-7-17(8-6-15)19(29-30(25)26)20-18(11-14-27-20)16-9-12-23(13-10-16)21(24)28-22(2,3)4/h5-8,11,14,16,19H,9-10,12-13H2,1-4H3,(H,25,26)/p-1. The third-order valence-electron chi connectivity index (χ3n) is 5.11. The Balaban J connectivity index is 1.76. The second kappa shape index (κ2) is 9.32. The van der Waals surface area contributed by atoms with Gasteiger partial charge in [-0.05, 0) is 63.6 Å². The lowest BCUT2D eigenvalue weighted by atomic mass is 9.88. The molecule has 2 aromatic rings. The molecule has 1 aromatic carbocycles. The maximum Gasteiger partial charge on any atom is 0.410 e. The van der Waals surface area contributed by atoms with Gasteiger partial charge in [-0.15, -0.1) is 0 Å². The first-order valence-electron chi connectivity index (χ1n) is 10.0. The molecule has 2 heterocycles. The van der Waals surface area contributed by atoms with Crippen molar-refractivity contribution in [2.24, 2.45) is 0 Å². The highest BCUT2D eigenvalue weighted by atomic mass is 32.2. The van der Waals surface area contributed by atoms with Gasteiger partial charge in [-0.1, -0.05) is 29.8 Å². The molecule has 1 saturated heterocycles. The maximum absolute atomic E-state index is 12.3. The van der Waals surface area contributed by atoms with Crippen molar-refractivity contribution >= 4 is 17.5 Å². The van der Waals surface area contributed by atoms with Crippen LogP contribution in [0.4, 0.5) is 4.79 Å². The molecule has 0 N–H and O–H groups in total. The summed E-state index contributed by atoms with van der Waals surface area (Å²) >= 11 is -2.70. The predicted octanol–water partition coefficient (Wildman–Crippen LogP) is 4.60. The normalized spacial score (nSPS) is 17.6. The summed E-state index contributed by atoms with van der Waals surface area (Å²) < 4.78 is 39.0. The predicted molar refractivity (Wildman–Crippen MR) is 112 cm³/mol. The van der Waals surface area contributed by atoms with Crippen LogP contribution in [-0.2, 0) is 20.3 Å². The second-order valence-corrected chi connectivity index (χ2v) is 9.17. The van der Waals surface area contributed by atoms with Crippen LogP contribution in [0, 0.1) is 6.92 Å². The van der Waals surface area contributed by atoms with Crippen LogP contribution < -0.4 is 0 Å². The first kappa shape index (κ1) is 22.5. The minimum absolute atomic E-state index is 0.133. The van der Waals surface area contributed by atoms with Crippen LogP contribution >= 0.6 is 0 Å². The zero-order valence-electron chi connectivity index (χ0n) is 17.8. The molecule has 0 bridgehead atoms. The van der Waals surface area contributed by atoms with Crippen LogP contribution in [0.1, 0.15) is 68.1 Å². The Hall–Kier alpha value is -2.16. The van der Waals surface area contributed by atoms with Gasteiger partial charge >= 0.3 is 6.09 Å². The number of benzene rings is 1. The van der Waals surface area contributed by atoms with E-state index in [1.807, 2.05) is 58.0 Å². The lowest BCUT2D eigenvalue weighted by Gasteiger charge is -2.33. The molecule has 1 fully saturated rings. The number of rotatable bonds is 5. The van der Waals surface area contributed by atoms with E-state index in [1.165, 1.54) is 0 Å². The number of aryl methyl sites for hydroxylation is 1. The summed E-state index contributed by atoms with van der Waals surface area (Å²) in [6, 6.07) is 9.35. The lowest BCUT2D eigenvalue weighted by molar-refractivity contribution is 0.0204. The van der Waals surface area contributed by atoms with E-state index >= 15 is 0 Å². The molecule has 1 aromatic heterocycles. The van der Waals surface area contributed by atoms with E-state index in [4.69, 9.17) is 13.3 Å². The van der Waals surface area contributed by atoms with Crippen molar-refractivity contribution in [3.8, 4) is 0 Å². The Morgan fingerprint density at radius 2 is 1.83 bits per heavy atom. The minimum Gasteiger partial charge on any atom is -0.750 e. The molecule has 2 unspecified atom stereocenters. The van der Waals surface area contributed by atoms with Crippen LogP contribution in [0.5, 0.6) is 0 Å². The fourth-order valence-electron chi connectivity index (χ4n) is 3.65. The number of carbonyl (C=O) groups excluding carboxylic acids is 1. The highest BCUT2D eigenvalue weighted by Gasteiger charge is 2.31. The Morgan fingerprint density at radius 3 is 2.40 bits per heavy atom. The third kappa shape index (κ3) is 5.71. The molecule has 0 saturated carbocycles. The number of piperidine rings is 1. The number of carbonyl (C=O) groups is 1. The molecule has 2 atom stereocenters. The first-order valence-corrected chi connectivity index (χ1v) is 11.0. The van der Waals surface area contributed by atoms with Crippen LogP contribution in [0.15, 0.2) is 41.0 Å². The van der Waals surface area contributed by atoms with Crippen molar-refractivity contribution in [2.45, 2.75) is 58.2 Å². The molecule has 1 aliphatic heterocycles. The van der Waals surface area contributed by atoms with E-state index in [0.717, 1.165) is 24.0 Å². The zero-order chi connectivity index (χ0) is 21.9. The zero-order valence-corrected chi connectivity index (χ0v) is 18.6. The molecule has 0 spiro atoms. The summed E-state index contributed by atoms with van der Waals surface area (Å²) in [5.41, 5.74) is 2.15. The summed E-state index contributed by atoms with van der Waals surface area (Å²) in [4.78, 5) is 14.0. The van der Waals surface area contributed by atoms with Crippen molar-refractivity contribution < 1.29 is 26.9 Å². The maximum atomic E-state index is 12.3. The molecule has 8 heteroatoms. The Bertz CT molecular complexity index is 878. The van der Waals surface area contributed by atoms with Gasteiger partial charge in [-0.25, -0.2) is 9.00 Å². The van der Waals surface area contributed by atoms with E-state index in [-0.39, 0.29) is 12.0 Å². The fraction of sp³-hybridized carbons (Fsp3) is 0.500. The minimum atomic E-state index is -2.70. The molecule has 164 valence electrons. The van der Waals surface area contributed by atoms with Gasteiger partial charge in [0.05, 0.1) is 17.6 Å². The second-order valence-electron chi connectivity index (χ2n) is 8.57. The Morgan fingerprint density at radius 1 is 1.20 bits per heavy atom. The number of nitrogens with zero attached hydrogens (tertiary/aromatic N) is 1. The van der Waals surface area contributed by atoms with Crippen molar-refractivity contribution in [3.63, 3.8) is 0 Å². The van der Waals surface area contributed by atoms with Crippen LogP contribution in [0.25, 0.3) is 0 Å². The van der Waals surface area contributed by atoms with Crippen molar-refractivity contribution in [3.05, 3.63) is 59.0 Å². The van der Waals surface area contributed by atoms with E-state index in [9.17, 15) is 13.6 Å². The molecule has 1 amide bonds. The van der Waals surface area contributed by atoms with Crippen molar-refractivity contribution in [2.75, 3.05) is 13.1 Å². The van der Waals surface area contributed by atoms with Gasteiger partial charge in [-0.2, -0.15) is 0 Å². The molecular formula is C22H28NO6S-. The molecular weight excluding hydrogens is 406 g/mol. The Kier molecular flexibility index (Phi) is 7.00. The van der Waals surface area contributed by atoms with Crippen LogP contribution in [0.2, 0.25) is 0 Å². The Labute approximate surface area is 179 Å². The molecule has 1 aliphatic rings. The largest absolute Gasteiger partial charge is 0.750 e. The molecule has 3 rings (SSSR count). The monoisotopic (exact) mass is 434 g/mol. The smallest absolute Gasteiger partial charge is 0.410 e. The van der Waals surface area contributed by atoms with Gasteiger partial charge in [0, 0.05) is 13.1 Å². The number of ether oxygens (including phenoxy) is 1. The molecule has 30 heavy (non-hydrogen) atoms. The quantitative estimate of drug-likeness (QED) is 0.639. The number of furan rings is 1. The fourth-order valence-corrected chi connectivity index (χ4v) is 4.01. The van der Waals surface area contributed by atoms with E-state index in [0.29, 0.717) is 24.4 Å². The van der Waals surface area contributed by atoms with E-state index < -0.39 is 23.1 Å². The van der Waals surface area contributed by atoms with E-state index in [1.54, 1.807) is 11.2 Å². The SMILES string of the molecule is Cc1ccc(C(OS(=O)[O-])c2occc2C2CCN(C(=O)OC(C)(C)C)CC2)cc1. The van der Waals surface area contributed by atoms with Crippen LogP contribution in [0.3, 0.4) is 0 Å². The summed E-state index contributed by atoms with van der Waals surface area (Å²) in [5, 5.41) is 0. The summed E-state index contributed by atoms with van der Waals surface area (Å²) in [6.45, 7) is 8.63. The molecule has 0 radical (unpaired) electrons. The first-order chi connectivity index (χ1) is 14.1. The number of amides is 1. The number of hydrogen-bond donors (Lipinski definition) is 0. The summed E-state index contributed by atoms with van der Waals surface area (Å²) in [6.07, 6.45) is 1.86. The van der Waals surface area contributed by atoms with Crippen LogP contribution in [-0.4, -0.2) is 38.4 Å². The van der Waals surface area contributed by atoms with Crippen molar-refractivity contribution in [1.82, 2.24) is 4.90 Å². The number of likely N-dealkylation sites (tertiary alicyclic amines) is 1. The van der Waals surface area contributed by atoms with Gasteiger partial charge in [0.15, 0.2) is 6.10 Å². The summed E-state index contributed by atoms with van der Waals surface area (Å²) in [7, 11) is 0. The average molecular weight is 435 g/mol. The summed E-state index contributed by atoms with van der Waals surface area (Å²) in [5.74, 6) is 0.618. The van der Waals surface area contributed by atoms with Gasteiger partial charge < -0.3 is 18.6 Å². The average Bonchev–Trinajstić information content (AvgIpc) is 3.15. The third-order valence-corrected chi connectivity index (χ3v) is 5.46. The van der Waals surface area contributed by atoms with Gasteiger partial charge in [0.1, 0.15) is 11.4 Å². The highest BCUT2D eigenvalue weighted by molar-refractivity contribution is 7.74. The molecule has 7 nitrogen and oxygen atoms in total.